The molecule has 0 radical (unpaired) electrons. The Hall–Kier alpha value is -3.99. The van der Waals surface area contributed by atoms with Gasteiger partial charge in [0.25, 0.3) is 11.5 Å². The number of carbonyl (C=O) groups excluding carboxylic acids is 1. The summed E-state index contributed by atoms with van der Waals surface area (Å²) < 4.78 is 41.3. The van der Waals surface area contributed by atoms with Gasteiger partial charge in [-0.15, -0.1) is 0 Å². The minimum Gasteiger partial charge on any atom is -0.267 e. The molecule has 0 saturated carbocycles. The van der Waals surface area contributed by atoms with Crippen LogP contribution in [0, 0.1) is 6.92 Å². The number of nitrogens with one attached hydrogen (secondary N) is 1. The zero-order valence-corrected chi connectivity index (χ0v) is 18.5. The monoisotopic (exact) mass is 488 g/mol. The van der Waals surface area contributed by atoms with E-state index in [1.807, 2.05) is 0 Å². The van der Waals surface area contributed by atoms with Gasteiger partial charge in [0.05, 0.1) is 34.1 Å². The van der Waals surface area contributed by atoms with E-state index in [-0.39, 0.29) is 22.1 Å². The van der Waals surface area contributed by atoms with E-state index in [0.29, 0.717) is 22.0 Å². The highest BCUT2D eigenvalue weighted by Gasteiger charge is 2.31. The van der Waals surface area contributed by atoms with Crippen molar-refractivity contribution in [2.24, 2.45) is 12.1 Å². The summed E-state index contributed by atoms with van der Waals surface area (Å²) in [5, 5.41) is 12.8. The molecule has 0 bridgehead atoms. The molecule has 12 heteroatoms. The molecule has 0 fully saturated rings. The Kier molecular flexibility index (Phi) is 5.96. The third-order valence-electron chi connectivity index (χ3n) is 5.00. The lowest BCUT2D eigenvalue weighted by atomic mass is 10.1. The van der Waals surface area contributed by atoms with Gasteiger partial charge in [-0.25, -0.2) is 14.8 Å². The second-order valence-corrected chi connectivity index (χ2v) is 7.63. The number of hydrogen-bond donors (Lipinski definition) is 1. The van der Waals surface area contributed by atoms with Crippen LogP contribution in [0.3, 0.4) is 0 Å². The fourth-order valence-electron chi connectivity index (χ4n) is 3.32. The molecule has 4 aromatic rings. The first-order valence-electron chi connectivity index (χ1n) is 9.80. The minimum absolute atomic E-state index is 0.00247. The molecule has 0 atom stereocenters. The molecule has 174 valence electrons. The fraction of sp³-hybridized carbons (Fsp3) is 0.136. The van der Waals surface area contributed by atoms with Crippen molar-refractivity contribution in [2.45, 2.75) is 13.1 Å². The molecule has 0 saturated heterocycles. The van der Waals surface area contributed by atoms with Crippen molar-refractivity contribution in [1.29, 1.82) is 0 Å². The van der Waals surface area contributed by atoms with E-state index in [2.05, 4.69) is 20.7 Å². The van der Waals surface area contributed by atoms with Gasteiger partial charge in [-0.05, 0) is 31.2 Å². The highest BCUT2D eigenvalue weighted by Crippen LogP contribution is 2.31. The molecule has 0 aliphatic heterocycles. The van der Waals surface area contributed by atoms with Gasteiger partial charge in [-0.2, -0.15) is 28.5 Å². The van der Waals surface area contributed by atoms with E-state index >= 15 is 0 Å². The summed E-state index contributed by atoms with van der Waals surface area (Å²) in [4.78, 5) is 24.9. The van der Waals surface area contributed by atoms with Crippen LogP contribution in [0.1, 0.15) is 27.3 Å². The van der Waals surface area contributed by atoms with E-state index in [1.54, 1.807) is 31.2 Å². The molecular formula is C22H16ClF3N6O2. The SMILES string of the molecule is Cc1nn(-c2cccc(C(F)(F)F)c2)c(Cl)c1/C=N/NC(=O)c1nn(C)c(=O)c2ccccc12. The molecule has 4 rings (SSSR count). The molecule has 8 nitrogen and oxygen atoms in total. The third kappa shape index (κ3) is 4.29. The maximum absolute atomic E-state index is 13.0. The third-order valence-corrected chi connectivity index (χ3v) is 5.36. The summed E-state index contributed by atoms with van der Waals surface area (Å²) in [5.41, 5.74) is 1.94. The Labute approximate surface area is 195 Å². The largest absolute Gasteiger partial charge is 0.416 e. The van der Waals surface area contributed by atoms with Crippen LogP contribution in [0.25, 0.3) is 16.5 Å². The first-order chi connectivity index (χ1) is 16.1. The number of rotatable bonds is 4. The number of carbonyl (C=O) groups is 1. The highest BCUT2D eigenvalue weighted by molar-refractivity contribution is 6.32. The molecule has 1 amide bonds. The van der Waals surface area contributed by atoms with Gasteiger partial charge in [0.15, 0.2) is 5.69 Å². The quantitative estimate of drug-likeness (QED) is 0.348. The molecule has 0 aliphatic rings. The van der Waals surface area contributed by atoms with Crippen LogP contribution in [0.15, 0.2) is 58.4 Å². The Morgan fingerprint density at radius 1 is 1.12 bits per heavy atom. The summed E-state index contributed by atoms with van der Waals surface area (Å²) >= 11 is 6.34. The molecule has 0 unspecified atom stereocenters. The van der Waals surface area contributed by atoms with Crippen molar-refractivity contribution in [1.82, 2.24) is 25.0 Å². The van der Waals surface area contributed by atoms with Crippen LogP contribution in [0.2, 0.25) is 5.15 Å². The van der Waals surface area contributed by atoms with Crippen molar-refractivity contribution in [3.63, 3.8) is 0 Å². The zero-order valence-electron chi connectivity index (χ0n) is 17.8. The highest BCUT2D eigenvalue weighted by atomic mass is 35.5. The van der Waals surface area contributed by atoms with Crippen molar-refractivity contribution >= 4 is 34.5 Å². The second kappa shape index (κ2) is 8.75. The number of fused-ring (bicyclic) bond motifs is 1. The van der Waals surface area contributed by atoms with Gasteiger partial charge in [0, 0.05) is 12.4 Å². The lowest BCUT2D eigenvalue weighted by Gasteiger charge is -2.09. The number of alkyl halides is 3. The normalized spacial score (nSPS) is 11.9. The average Bonchev–Trinajstić information content (AvgIpc) is 3.09. The van der Waals surface area contributed by atoms with Gasteiger partial charge < -0.3 is 0 Å². The number of aryl methyl sites for hydroxylation is 2. The van der Waals surface area contributed by atoms with Crippen molar-refractivity contribution in [2.75, 3.05) is 0 Å². The van der Waals surface area contributed by atoms with Gasteiger partial charge in [-0.3, -0.25) is 9.59 Å². The number of amides is 1. The number of hydrogen-bond acceptors (Lipinski definition) is 5. The summed E-state index contributed by atoms with van der Waals surface area (Å²) in [7, 11) is 1.43. The number of hydrazone groups is 1. The molecule has 2 aromatic heterocycles. The smallest absolute Gasteiger partial charge is 0.267 e. The van der Waals surface area contributed by atoms with Gasteiger partial charge in [-0.1, -0.05) is 35.9 Å². The van der Waals surface area contributed by atoms with Crippen molar-refractivity contribution in [3.05, 3.63) is 86.6 Å². The first-order valence-corrected chi connectivity index (χ1v) is 10.2. The number of nitrogens with zero attached hydrogens (tertiary/aromatic N) is 5. The number of benzene rings is 2. The average molecular weight is 489 g/mol. The van der Waals surface area contributed by atoms with Crippen molar-refractivity contribution < 1.29 is 18.0 Å². The Bertz CT molecular complexity index is 1510. The maximum atomic E-state index is 13.0. The maximum Gasteiger partial charge on any atom is 0.416 e. The van der Waals surface area contributed by atoms with Crippen LogP contribution in [0.5, 0.6) is 0 Å². The van der Waals surface area contributed by atoms with Crippen LogP contribution < -0.4 is 11.0 Å². The van der Waals surface area contributed by atoms with E-state index in [1.165, 1.54) is 25.4 Å². The lowest BCUT2D eigenvalue weighted by Crippen LogP contribution is -2.27. The molecule has 0 spiro atoms. The number of aromatic nitrogens is 4. The minimum atomic E-state index is -4.52. The molecule has 1 N–H and O–H groups in total. The summed E-state index contributed by atoms with van der Waals surface area (Å²) in [5.74, 6) is -0.665. The molecule has 2 aromatic carbocycles. The van der Waals surface area contributed by atoms with Crippen LogP contribution in [-0.2, 0) is 13.2 Å². The first kappa shape index (κ1) is 23.2. The van der Waals surface area contributed by atoms with E-state index in [0.717, 1.165) is 21.5 Å². The predicted molar refractivity (Wildman–Crippen MR) is 120 cm³/mol. The summed E-state index contributed by atoms with van der Waals surface area (Å²) in [6, 6.07) is 11.1. The van der Waals surface area contributed by atoms with Crippen molar-refractivity contribution in [3.8, 4) is 5.69 Å². The summed E-state index contributed by atoms with van der Waals surface area (Å²) in [6.45, 7) is 1.60. The van der Waals surface area contributed by atoms with E-state index in [9.17, 15) is 22.8 Å². The second-order valence-electron chi connectivity index (χ2n) is 7.27. The predicted octanol–water partition coefficient (Wildman–Crippen LogP) is 3.86. The van der Waals surface area contributed by atoms with Crippen LogP contribution in [0.4, 0.5) is 13.2 Å². The molecular weight excluding hydrogens is 473 g/mol. The van der Waals surface area contributed by atoms with Crippen LogP contribution >= 0.6 is 11.6 Å². The molecule has 0 aliphatic carbocycles. The van der Waals surface area contributed by atoms with E-state index in [4.69, 9.17) is 11.6 Å². The summed E-state index contributed by atoms with van der Waals surface area (Å²) in [6.07, 6.45) is -3.28. The Balaban J connectivity index is 1.61. The standard InChI is InChI=1S/C22H16ClF3N6O2/c1-12-17(19(23)32(29-12)14-7-5-6-13(10-14)22(24,25)26)11-27-28-20(33)18-15-8-3-4-9-16(15)21(34)31(2)30-18/h3-11H,1-2H3,(H,28,33)/b27-11+. The van der Waals surface area contributed by atoms with Gasteiger partial charge in [0.2, 0.25) is 0 Å². The Morgan fingerprint density at radius 3 is 2.53 bits per heavy atom. The Morgan fingerprint density at radius 2 is 1.82 bits per heavy atom. The molecule has 2 heterocycles. The zero-order chi connectivity index (χ0) is 24.6. The fourth-order valence-corrected chi connectivity index (χ4v) is 3.64. The van der Waals surface area contributed by atoms with Crippen LogP contribution in [-0.4, -0.2) is 31.7 Å². The lowest BCUT2D eigenvalue weighted by molar-refractivity contribution is -0.137. The van der Waals surface area contributed by atoms with Gasteiger partial charge in [0.1, 0.15) is 5.15 Å². The van der Waals surface area contributed by atoms with E-state index < -0.39 is 17.6 Å². The molecule has 34 heavy (non-hydrogen) atoms. The topological polar surface area (TPSA) is 94.2 Å². The number of halogens is 4. The van der Waals surface area contributed by atoms with Gasteiger partial charge >= 0.3 is 6.18 Å².